The molecule has 0 fully saturated rings. The van der Waals surface area contributed by atoms with Crippen LogP contribution in [-0.2, 0) is 0 Å². The standard InChI is InChI=1S/C9H9B2NOS/c1-2-14-8-3-6(11)5-12-9(8)7(13)4-10/h3,5H,2,4H2,1H3. The van der Waals surface area contributed by atoms with Crippen molar-refractivity contribution in [1.29, 1.82) is 0 Å². The predicted molar refractivity (Wildman–Crippen MR) is 60.9 cm³/mol. The minimum Gasteiger partial charge on any atom is -0.293 e. The van der Waals surface area contributed by atoms with Crippen molar-refractivity contribution in [3.05, 3.63) is 18.0 Å². The number of nitrogens with zero attached hydrogens (tertiary/aromatic N) is 1. The lowest BCUT2D eigenvalue weighted by Crippen LogP contribution is -2.10. The molecule has 1 aromatic rings. The van der Waals surface area contributed by atoms with Gasteiger partial charge in [0.2, 0.25) is 0 Å². The highest BCUT2D eigenvalue weighted by atomic mass is 32.2. The van der Waals surface area contributed by atoms with Gasteiger partial charge in [-0.1, -0.05) is 18.5 Å². The molecule has 0 aromatic carbocycles. The lowest BCUT2D eigenvalue weighted by Gasteiger charge is -2.06. The van der Waals surface area contributed by atoms with Crippen LogP contribution in [0.4, 0.5) is 0 Å². The van der Waals surface area contributed by atoms with E-state index in [9.17, 15) is 4.79 Å². The molecular formula is C9H9B2NOS. The fourth-order valence-corrected chi connectivity index (χ4v) is 1.86. The number of aromatic nitrogens is 1. The minimum absolute atomic E-state index is 0.0197. The van der Waals surface area contributed by atoms with Gasteiger partial charge in [0.1, 0.15) is 13.5 Å². The molecule has 0 amide bonds. The molecule has 0 bridgehead atoms. The van der Waals surface area contributed by atoms with Crippen LogP contribution in [0.1, 0.15) is 17.4 Å². The van der Waals surface area contributed by atoms with Crippen LogP contribution in [0.5, 0.6) is 0 Å². The Morgan fingerprint density at radius 2 is 2.36 bits per heavy atom. The molecule has 0 aliphatic carbocycles. The Morgan fingerprint density at radius 1 is 1.64 bits per heavy atom. The summed E-state index contributed by atoms with van der Waals surface area (Å²) in [6.45, 7) is 2.00. The smallest absolute Gasteiger partial charge is 0.173 e. The van der Waals surface area contributed by atoms with Crippen LogP contribution >= 0.6 is 11.8 Å². The molecule has 1 aromatic heterocycles. The van der Waals surface area contributed by atoms with Crippen LogP contribution < -0.4 is 5.46 Å². The normalized spacial score (nSPS) is 10.1. The van der Waals surface area contributed by atoms with Gasteiger partial charge in [-0.15, -0.1) is 11.8 Å². The van der Waals surface area contributed by atoms with Crippen molar-refractivity contribution in [1.82, 2.24) is 4.98 Å². The van der Waals surface area contributed by atoms with E-state index in [-0.39, 0.29) is 12.1 Å². The van der Waals surface area contributed by atoms with Gasteiger partial charge in [0.25, 0.3) is 0 Å². The van der Waals surface area contributed by atoms with Crippen molar-refractivity contribution in [2.45, 2.75) is 18.1 Å². The van der Waals surface area contributed by atoms with Crippen LogP contribution in [0, 0.1) is 0 Å². The average molecular weight is 201 g/mol. The summed E-state index contributed by atoms with van der Waals surface area (Å²) in [5.41, 5.74) is 0.989. The third-order valence-electron chi connectivity index (χ3n) is 1.62. The van der Waals surface area contributed by atoms with Crippen molar-refractivity contribution >= 4 is 38.7 Å². The number of carbonyl (C=O) groups excluding carboxylic acids is 1. The summed E-state index contributed by atoms with van der Waals surface area (Å²) >= 11 is 1.54. The number of hydrogen-bond acceptors (Lipinski definition) is 3. The summed E-state index contributed by atoms with van der Waals surface area (Å²) in [6, 6.07) is 1.75. The van der Waals surface area contributed by atoms with E-state index in [0.29, 0.717) is 11.2 Å². The van der Waals surface area contributed by atoms with E-state index in [2.05, 4.69) is 4.98 Å². The Bertz CT molecular complexity index is 344. The zero-order chi connectivity index (χ0) is 10.6. The average Bonchev–Trinajstić information content (AvgIpc) is 2.17. The third-order valence-corrected chi connectivity index (χ3v) is 2.53. The molecular weight excluding hydrogens is 192 g/mol. The van der Waals surface area contributed by atoms with Gasteiger partial charge in [-0.25, -0.2) is 0 Å². The summed E-state index contributed by atoms with van der Waals surface area (Å²) in [4.78, 5) is 16.2. The third kappa shape index (κ3) is 2.64. The van der Waals surface area contributed by atoms with Crippen LogP contribution in [0.25, 0.3) is 0 Å². The van der Waals surface area contributed by atoms with Crippen LogP contribution in [0.2, 0.25) is 6.32 Å². The summed E-state index contributed by atoms with van der Waals surface area (Å²) in [5, 5.41) is 0. The molecule has 14 heavy (non-hydrogen) atoms. The van der Waals surface area contributed by atoms with Gasteiger partial charge < -0.3 is 0 Å². The molecule has 0 atom stereocenters. The van der Waals surface area contributed by atoms with Gasteiger partial charge in [-0.3, -0.25) is 9.78 Å². The van der Waals surface area contributed by atoms with Gasteiger partial charge >= 0.3 is 0 Å². The lowest BCUT2D eigenvalue weighted by molar-refractivity contribution is 0.101. The SMILES string of the molecule is [B]CC(=O)c1ncc([B])cc1SCC. The molecule has 4 radical (unpaired) electrons. The second kappa shape index (κ2) is 5.25. The first-order valence-corrected chi connectivity index (χ1v) is 5.29. The van der Waals surface area contributed by atoms with Gasteiger partial charge in [-0.05, 0) is 12.1 Å². The molecule has 0 aliphatic rings. The molecule has 68 valence electrons. The zero-order valence-electron chi connectivity index (χ0n) is 7.99. The lowest BCUT2D eigenvalue weighted by atomic mass is 9.95. The first-order valence-electron chi connectivity index (χ1n) is 4.30. The highest BCUT2D eigenvalue weighted by Gasteiger charge is 2.10. The number of rotatable bonds is 4. The number of pyridine rings is 1. The molecule has 0 saturated heterocycles. The van der Waals surface area contributed by atoms with Gasteiger partial charge in [-0.2, -0.15) is 0 Å². The Morgan fingerprint density at radius 3 is 2.93 bits per heavy atom. The van der Waals surface area contributed by atoms with Gasteiger partial charge in [0.15, 0.2) is 5.78 Å². The van der Waals surface area contributed by atoms with E-state index < -0.39 is 0 Å². The summed E-state index contributed by atoms with van der Waals surface area (Å²) in [6.07, 6.45) is 1.46. The van der Waals surface area contributed by atoms with Crippen LogP contribution in [0.3, 0.4) is 0 Å². The number of hydrogen-bond donors (Lipinski definition) is 0. The molecule has 0 spiro atoms. The quantitative estimate of drug-likeness (QED) is 0.409. The van der Waals surface area contributed by atoms with Crippen molar-refractivity contribution in [3.63, 3.8) is 0 Å². The second-order valence-corrected chi connectivity index (χ2v) is 3.98. The highest BCUT2D eigenvalue weighted by Crippen LogP contribution is 2.20. The fourth-order valence-electron chi connectivity index (χ4n) is 1.03. The molecule has 0 saturated carbocycles. The number of Topliss-reactive ketones (excluding diaryl/α,β-unsaturated/α-hetero) is 1. The van der Waals surface area contributed by atoms with Crippen LogP contribution in [-0.4, -0.2) is 32.2 Å². The molecule has 1 heterocycles. The predicted octanol–water partition coefficient (Wildman–Crippen LogP) is 0.757. The van der Waals surface area contributed by atoms with Crippen molar-refractivity contribution < 1.29 is 4.79 Å². The molecule has 0 aliphatic heterocycles. The largest absolute Gasteiger partial charge is 0.293 e. The molecule has 0 N–H and O–H groups in total. The Hall–Kier alpha value is -0.700. The second-order valence-electron chi connectivity index (χ2n) is 2.68. The Balaban J connectivity index is 3.07. The monoisotopic (exact) mass is 201 g/mol. The highest BCUT2D eigenvalue weighted by molar-refractivity contribution is 7.99. The van der Waals surface area contributed by atoms with E-state index in [1.54, 1.807) is 17.8 Å². The Kier molecular flexibility index (Phi) is 4.26. The van der Waals surface area contributed by atoms with E-state index >= 15 is 0 Å². The summed E-state index contributed by atoms with van der Waals surface area (Å²) in [5.74, 6) is 0.719. The number of thioether (sulfide) groups is 1. The topological polar surface area (TPSA) is 30.0 Å². The van der Waals surface area contributed by atoms with Crippen molar-refractivity contribution in [2.24, 2.45) is 0 Å². The maximum Gasteiger partial charge on any atom is 0.173 e. The van der Waals surface area contributed by atoms with Crippen LogP contribution in [0.15, 0.2) is 17.2 Å². The Labute approximate surface area is 90.7 Å². The van der Waals surface area contributed by atoms with E-state index in [1.165, 1.54) is 6.20 Å². The summed E-state index contributed by atoms with van der Waals surface area (Å²) < 4.78 is 0. The molecule has 1 rings (SSSR count). The van der Waals surface area contributed by atoms with E-state index in [4.69, 9.17) is 15.7 Å². The maximum absolute atomic E-state index is 11.4. The molecule has 5 heteroatoms. The van der Waals surface area contributed by atoms with Crippen molar-refractivity contribution in [2.75, 3.05) is 5.75 Å². The first-order chi connectivity index (χ1) is 6.69. The number of ketones is 1. The minimum atomic E-state index is -0.152. The maximum atomic E-state index is 11.4. The molecule has 0 unspecified atom stereocenters. The van der Waals surface area contributed by atoms with Crippen molar-refractivity contribution in [3.8, 4) is 0 Å². The van der Waals surface area contributed by atoms with E-state index in [0.717, 1.165) is 10.6 Å². The number of carbonyl (C=O) groups is 1. The summed E-state index contributed by atoms with van der Waals surface area (Å²) in [7, 11) is 10.9. The van der Waals surface area contributed by atoms with Gasteiger partial charge in [0, 0.05) is 11.1 Å². The molecule has 2 nitrogen and oxygen atoms in total. The fraction of sp³-hybridized carbons (Fsp3) is 0.333. The van der Waals surface area contributed by atoms with E-state index in [1.807, 2.05) is 6.92 Å². The van der Waals surface area contributed by atoms with Gasteiger partial charge in [0.05, 0.1) is 7.85 Å². The first kappa shape index (κ1) is 11.4. The zero-order valence-corrected chi connectivity index (χ0v) is 8.80.